The fourth-order valence-corrected chi connectivity index (χ4v) is 12.3. The van der Waals surface area contributed by atoms with Crippen LogP contribution in [0.4, 0.5) is 19.7 Å². The molecular weight excluding hydrogens is 1050 g/mol. The SMILES string of the molecule is CN(C)C1CCCCC1.CN1CC(C(=O)NCCOF)CC1=O.Nc1ccc(SNc2nc3ccc(OCC4CCC(CNC(=O)C5CCC(NC(=O)CCCOC6CCCCC6)CC5)CC4)cc3s2)c(F)c1.c1ccncc1. The Labute approximate surface area is 475 Å². The number of ether oxygens (including phenoxy) is 2. The summed E-state index contributed by atoms with van der Waals surface area (Å²) in [5.41, 5.74) is 6.91. The third-order valence-corrected chi connectivity index (χ3v) is 17.5. The Morgan fingerprint density at radius 1 is 0.823 bits per heavy atom. The van der Waals surface area contributed by atoms with Gasteiger partial charge in [-0.2, -0.15) is 4.94 Å². The second kappa shape index (κ2) is 34.9. The molecule has 4 aliphatic carbocycles. The maximum absolute atomic E-state index is 14.1. The van der Waals surface area contributed by atoms with Crippen molar-refractivity contribution in [3.05, 3.63) is 72.8 Å². The number of nitrogens with two attached hydrogens (primary N) is 1. The lowest BCUT2D eigenvalue weighted by Gasteiger charge is -2.31. The van der Waals surface area contributed by atoms with E-state index in [0.717, 1.165) is 99.2 Å². The molecule has 6 N–H and O–H groups in total. The topological polar surface area (TPSA) is 202 Å². The van der Waals surface area contributed by atoms with Gasteiger partial charge in [-0.3, -0.25) is 24.2 Å². The number of carbonyl (C=O) groups is 4. The molecule has 9 rings (SSSR count). The van der Waals surface area contributed by atoms with Crippen molar-refractivity contribution in [2.45, 2.75) is 158 Å². The molecule has 1 unspecified atom stereocenters. The number of nitrogens with zero attached hydrogens (tertiary/aromatic N) is 4. The van der Waals surface area contributed by atoms with E-state index in [9.17, 15) is 28.1 Å². The molecule has 1 aliphatic heterocycles. The van der Waals surface area contributed by atoms with Crippen molar-refractivity contribution in [1.82, 2.24) is 35.7 Å². The Morgan fingerprint density at radius 2 is 1.52 bits per heavy atom. The highest BCUT2D eigenvalue weighted by Gasteiger charge is 2.32. The molecule has 1 saturated heterocycles. The number of likely N-dealkylation sites (tertiary alicyclic amines) is 1. The van der Waals surface area contributed by atoms with Crippen LogP contribution >= 0.6 is 23.3 Å². The number of benzene rings is 2. The number of amides is 4. The Bertz CT molecular complexity index is 2390. The molecule has 4 aromatic rings. The van der Waals surface area contributed by atoms with E-state index in [-0.39, 0.29) is 66.9 Å². The second-order valence-electron chi connectivity index (χ2n) is 21.9. The Hall–Kier alpha value is -5.15. The first-order valence-corrected chi connectivity index (χ1v) is 30.4. The van der Waals surface area contributed by atoms with Crippen LogP contribution in [0.5, 0.6) is 5.75 Å². The van der Waals surface area contributed by atoms with Gasteiger partial charge >= 0.3 is 0 Å². The molecule has 2 aromatic carbocycles. The van der Waals surface area contributed by atoms with Crippen LogP contribution in [0.3, 0.4) is 0 Å². The molecule has 79 heavy (non-hydrogen) atoms. The molecule has 4 amide bonds. The van der Waals surface area contributed by atoms with Crippen LogP contribution in [0.25, 0.3) is 10.2 Å². The van der Waals surface area contributed by atoms with Crippen LogP contribution in [0, 0.1) is 29.5 Å². The highest BCUT2D eigenvalue weighted by Crippen LogP contribution is 2.35. The zero-order valence-electron chi connectivity index (χ0n) is 46.8. The van der Waals surface area contributed by atoms with Crippen LogP contribution in [-0.2, 0) is 28.9 Å². The van der Waals surface area contributed by atoms with Crippen LogP contribution < -0.4 is 31.1 Å². The van der Waals surface area contributed by atoms with E-state index >= 15 is 0 Å². The van der Waals surface area contributed by atoms with Gasteiger partial charge in [0.15, 0.2) is 5.13 Å². The fraction of sp³-hybridized carbons (Fsp3) is 0.627. The summed E-state index contributed by atoms with van der Waals surface area (Å²) in [5, 5.41) is 9.62. The van der Waals surface area contributed by atoms with Crippen molar-refractivity contribution in [3.8, 4) is 5.75 Å². The van der Waals surface area contributed by atoms with Gasteiger partial charge in [-0.25, -0.2) is 9.37 Å². The predicted molar refractivity (Wildman–Crippen MR) is 310 cm³/mol. The zero-order valence-corrected chi connectivity index (χ0v) is 48.4. The molecule has 5 fully saturated rings. The molecule has 0 radical (unpaired) electrons. The minimum Gasteiger partial charge on any atom is -0.493 e. The summed E-state index contributed by atoms with van der Waals surface area (Å²) in [6.45, 7) is 2.49. The van der Waals surface area contributed by atoms with Gasteiger partial charge in [0.1, 0.15) is 18.2 Å². The summed E-state index contributed by atoms with van der Waals surface area (Å²) < 4.78 is 41.6. The lowest BCUT2D eigenvalue weighted by Crippen LogP contribution is -2.42. The molecule has 3 heterocycles. The van der Waals surface area contributed by atoms with Gasteiger partial charge in [0.25, 0.3) is 0 Å². The molecule has 20 heteroatoms. The summed E-state index contributed by atoms with van der Waals surface area (Å²) in [6.07, 6.45) is 26.5. The highest BCUT2D eigenvalue weighted by atomic mass is 32.2. The van der Waals surface area contributed by atoms with Crippen molar-refractivity contribution < 1.29 is 42.5 Å². The zero-order chi connectivity index (χ0) is 56.2. The molecule has 436 valence electrons. The summed E-state index contributed by atoms with van der Waals surface area (Å²) in [6, 6.07) is 17.3. The fourth-order valence-electron chi connectivity index (χ4n) is 10.8. The van der Waals surface area contributed by atoms with E-state index in [1.807, 2.05) is 36.4 Å². The van der Waals surface area contributed by atoms with Crippen LogP contribution in [0.2, 0.25) is 0 Å². The molecule has 5 aliphatic rings. The van der Waals surface area contributed by atoms with Crippen molar-refractivity contribution in [1.29, 1.82) is 0 Å². The molecule has 0 bridgehead atoms. The van der Waals surface area contributed by atoms with Gasteiger partial charge < -0.3 is 45.7 Å². The minimum absolute atomic E-state index is 0.0353. The summed E-state index contributed by atoms with van der Waals surface area (Å²) in [4.78, 5) is 63.9. The summed E-state index contributed by atoms with van der Waals surface area (Å²) >= 11 is 2.68. The normalized spacial score (nSPS) is 21.6. The number of rotatable bonds is 20. The number of hydrogen-bond donors (Lipinski definition) is 5. The number of nitrogens with one attached hydrogen (secondary N) is 4. The number of thiazole rings is 1. The number of halogens is 2. The molecule has 0 spiro atoms. The molecular formula is C59H87F2N9O7S2. The smallest absolute Gasteiger partial charge is 0.225 e. The van der Waals surface area contributed by atoms with E-state index in [0.29, 0.717) is 59.8 Å². The van der Waals surface area contributed by atoms with Crippen molar-refractivity contribution in [2.75, 3.05) is 71.1 Å². The minimum atomic E-state index is -0.364. The first kappa shape index (κ1) is 63.0. The van der Waals surface area contributed by atoms with Gasteiger partial charge in [0.05, 0.1) is 33.7 Å². The molecule has 16 nitrogen and oxygen atoms in total. The van der Waals surface area contributed by atoms with Gasteiger partial charge in [-0.05, 0) is 174 Å². The second-order valence-corrected chi connectivity index (χ2v) is 23.8. The standard InChI is InChI=1S/C38H52FN5O4S2.C8H13FN2O3.C8H17N.C5H5N/c39-32-21-28(40)14-19-34(32)50-44-38-43-33-18-17-31(22-35(33)49-38)48-24-26-10-8-25(9-11-26)23-41-37(46)27-12-15-29(16-13-27)42-36(45)7-4-20-47-30-5-2-1-3-6-30;1-11-5-6(4-7(11)12)8(13)10-2-3-14-9;1-9(2)8-6-4-3-5-7-8;1-2-4-6-5-3-1/h14,17-19,21-22,25-27,29-30H,1-13,15-16,20,23-24,40H2,(H,41,46)(H,42,45)(H,43,44);6H,2-5H2,1H3,(H,10,13);8H,3-7H2,1-2H3;1-5H. The van der Waals surface area contributed by atoms with Crippen molar-refractivity contribution in [2.24, 2.45) is 23.7 Å². The Balaban J connectivity index is 0.000000279. The largest absolute Gasteiger partial charge is 0.493 e. The first-order valence-electron chi connectivity index (χ1n) is 28.8. The number of fused-ring (bicyclic) bond motifs is 1. The maximum atomic E-state index is 14.1. The highest BCUT2D eigenvalue weighted by molar-refractivity contribution is 8.00. The summed E-state index contributed by atoms with van der Waals surface area (Å²) in [7, 11) is 6.03. The van der Waals surface area contributed by atoms with Gasteiger partial charge in [-0.15, -0.1) is 0 Å². The molecule has 2 aromatic heterocycles. The van der Waals surface area contributed by atoms with Crippen molar-refractivity contribution in [3.63, 3.8) is 0 Å². The number of nitrogen functional groups attached to an aromatic ring is 1. The van der Waals surface area contributed by atoms with Crippen LogP contribution in [0.15, 0.2) is 71.9 Å². The summed E-state index contributed by atoms with van der Waals surface area (Å²) in [5.74, 6) is 1.23. The number of aromatic nitrogens is 2. The third-order valence-electron chi connectivity index (χ3n) is 15.6. The number of hydrogen-bond acceptors (Lipinski definition) is 14. The van der Waals surface area contributed by atoms with Gasteiger partial charge in [0.2, 0.25) is 23.6 Å². The maximum Gasteiger partial charge on any atom is 0.225 e. The van der Waals surface area contributed by atoms with E-state index in [2.05, 4.69) is 54.6 Å². The first-order chi connectivity index (χ1) is 38.3. The van der Waals surface area contributed by atoms with Crippen molar-refractivity contribution >= 4 is 67.9 Å². The van der Waals surface area contributed by atoms with E-state index < -0.39 is 0 Å². The monoisotopic (exact) mass is 1140 g/mol. The van der Waals surface area contributed by atoms with E-state index in [1.165, 1.54) is 85.6 Å². The average molecular weight is 1140 g/mol. The Morgan fingerprint density at radius 3 is 2.14 bits per heavy atom. The number of pyridine rings is 1. The van der Waals surface area contributed by atoms with Crippen LogP contribution in [-0.4, -0.2) is 122 Å². The van der Waals surface area contributed by atoms with Gasteiger partial charge in [0, 0.05) is 82.2 Å². The van der Waals surface area contributed by atoms with Gasteiger partial charge in [-0.1, -0.05) is 55.9 Å². The van der Waals surface area contributed by atoms with Crippen LogP contribution in [0.1, 0.15) is 135 Å². The number of carbonyl (C=O) groups excluding carboxylic acids is 4. The van der Waals surface area contributed by atoms with E-state index in [1.54, 1.807) is 31.6 Å². The lowest BCUT2D eigenvalue weighted by atomic mass is 9.82. The quantitative estimate of drug-likeness (QED) is 0.0318. The molecule has 1 atom stereocenters. The number of anilines is 2. The lowest BCUT2D eigenvalue weighted by molar-refractivity contribution is -0.136. The predicted octanol–water partition coefficient (Wildman–Crippen LogP) is 10.7. The molecule has 4 saturated carbocycles. The van der Waals surface area contributed by atoms with E-state index in [4.69, 9.17) is 15.2 Å². The third kappa shape index (κ3) is 23.1. The Kier molecular flexibility index (Phi) is 27.8. The average Bonchev–Trinajstić information content (AvgIpc) is 4.10.